The van der Waals surface area contributed by atoms with E-state index in [0.717, 1.165) is 38.8 Å². The van der Waals surface area contributed by atoms with E-state index < -0.39 is 15.8 Å². The number of para-hydroxylation sites is 1. The highest BCUT2D eigenvalue weighted by Gasteiger charge is 2.21. The van der Waals surface area contributed by atoms with E-state index in [4.69, 9.17) is 4.74 Å². The van der Waals surface area contributed by atoms with Crippen LogP contribution in [0.4, 0.5) is 10.1 Å². The quantitative estimate of drug-likeness (QED) is 0.681. The molecule has 0 unspecified atom stereocenters. The number of rotatable bonds is 8. The third kappa shape index (κ3) is 5.21. The van der Waals surface area contributed by atoms with Crippen LogP contribution in [0.3, 0.4) is 0 Å². The molecule has 1 heterocycles. The Balaban J connectivity index is 1.44. The maximum absolute atomic E-state index is 13.4. The predicted molar refractivity (Wildman–Crippen MR) is 108 cm³/mol. The number of sulfonamides is 1. The number of methoxy groups -OCH3 is 1. The molecule has 152 valence electrons. The van der Waals surface area contributed by atoms with Crippen molar-refractivity contribution in [2.45, 2.75) is 11.3 Å². The van der Waals surface area contributed by atoms with Crippen LogP contribution in [0.25, 0.3) is 0 Å². The van der Waals surface area contributed by atoms with Crippen molar-refractivity contribution < 1.29 is 17.5 Å². The first kappa shape index (κ1) is 20.6. The Labute approximate surface area is 166 Å². The lowest BCUT2D eigenvalue weighted by Gasteiger charge is -2.36. The van der Waals surface area contributed by atoms with Gasteiger partial charge in [-0.25, -0.2) is 17.5 Å². The first-order valence-electron chi connectivity index (χ1n) is 9.35. The van der Waals surface area contributed by atoms with Crippen LogP contribution in [0.1, 0.15) is 6.42 Å². The Hall–Kier alpha value is -2.16. The van der Waals surface area contributed by atoms with E-state index in [-0.39, 0.29) is 10.6 Å². The van der Waals surface area contributed by atoms with E-state index in [1.54, 1.807) is 0 Å². The fourth-order valence-corrected chi connectivity index (χ4v) is 4.57. The molecule has 1 N–H and O–H groups in total. The second kappa shape index (κ2) is 9.36. The molecule has 1 fully saturated rings. The SMILES string of the molecule is COc1ccc(F)cc1S(=O)(=O)NCCCN1CCN(c2ccccc2)CC1. The molecular formula is C20H26FN3O3S. The van der Waals surface area contributed by atoms with Crippen molar-refractivity contribution in [3.05, 3.63) is 54.3 Å². The summed E-state index contributed by atoms with van der Waals surface area (Å²) in [7, 11) is -2.45. The minimum absolute atomic E-state index is 0.130. The third-order valence-electron chi connectivity index (χ3n) is 4.85. The van der Waals surface area contributed by atoms with Gasteiger partial charge in [-0.3, -0.25) is 4.90 Å². The summed E-state index contributed by atoms with van der Waals surface area (Å²) in [5, 5.41) is 0. The van der Waals surface area contributed by atoms with E-state index in [0.29, 0.717) is 13.0 Å². The fraction of sp³-hybridized carbons (Fsp3) is 0.400. The molecule has 28 heavy (non-hydrogen) atoms. The van der Waals surface area contributed by atoms with Crippen molar-refractivity contribution in [3.63, 3.8) is 0 Å². The number of benzene rings is 2. The van der Waals surface area contributed by atoms with Gasteiger partial charge in [0.1, 0.15) is 16.5 Å². The first-order valence-corrected chi connectivity index (χ1v) is 10.8. The van der Waals surface area contributed by atoms with E-state index in [9.17, 15) is 12.8 Å². The topological polar surface area (TPSA) is 61.9 Å². The summed E-state index contributed by atoms with van der Waals surface area (Å²) in [6.07, 6.45) is 0.683. The molecule has 0 spiro atoms. The molecular weight excluding hydrogens is 381 g/mol. The minimum Gasteiger partial charge on any atom is -0.495 e. The molecule has 2 aromatic rings. The van der Waals surface area contributed by atoms with Gasteiger partial charge in [0.25, 0.3) is 0 Å². The van der Waals surface area contributed by atoms with Crippen LogP contribution in [-0.2, 0) is 10.0 Å². The second-order valence-corrected chi connectivity index (χ2v) is 8.45. The van der Waals surface area contributed by atoms with Crippen LogP contribution in [0, 0.1) is 5.82 Å². The first-order chi connectivity index (χ1) is 13.5. The van der Waals surface area contributed by atoms with Crippen LogP contribution < -0.4 is 14.4 Å². The van der Waals surface area contributed by atoms with Crippen molar-refractivity contribution >= 4 is 15.7 Å². The molecule has 0 radical (unpaired) electrons. The highest BCUT2D eigenvalue weighted by Crippen LogP contribution is 2.24. The number of nitrogens with zero attached hydrogens (tertiary/aromatic N) is 2. The van der Waals surface area contributed by atoms with E-state index in [1.807, 2.05) is 18.2 Å². The molecule has 0 amide bonds. The lowest BCUT2D eigenvalue weighted by Crippen LogP contribution is -2.47. The van der Waals surface area contributed by atoms with Gasteiger partial charge in [0.15, 0.2) is 0 Å². The molecule has 0 atom stereocenters. The number of halogens is 1. The van der Waals surface area contributed by atoms with Crippen molar-refractivity contribution in [2.75, 3.05) is 51.3 Å². The number of anilines is 1. The van der Waals surface area contributed by atoms with Crippen LogP contribution in [0.5, 0.6) is 5.75 Å². The third-order valence-corrected chi connectivity index (χ3v) is 6.33. The standard InChI is InChI=1S/C20H26FN3O3S/c1-27-19-9-8-17(21)16-20(19)28(25,26)22-10-5-11-23-12-14-24(15-13-23)18-6-3-2-4-7-18/h2-4,6-9,16,22H,5,10-15H2,1H3. The molecule has 1 aliphatic rings. The zero-order valence-electron chi connectivity index (χ0n) is 16.0. The number of hydrogen-bond acceptors (Lipinski definition) is 5. The smallest absolute Gasteiger partial charge is 0.244 e. The largest absolute Gasteiger partial charge is 0.495 e. The summed E-state index contributed by atoms with van der Waals surface area (Å²) in [5.41, 5.74) is 1.24. The van der Waals surface area contributed by atoms with Crippen molar-refractivity contribution in [2.24, 2.45) is 0 Å². The van der Waals surface area contributed by atoms with Gasteiger partial charge >= 0.3 is 0 Å². The average Bonchev–Trinajstić information content (AvgIpc) is 2.72. The van der Waals surface area contributed by atoms with Crippen molar-refractivity contribution in [1.82, 2.24) is 9.62 Å². The highest BCUT2D eigenvalue weighted by molar-refractivity contribution is 7.89. The van der Waals surface area contributed by atoms with Crippen LogP contribution in [0.2, 0.25) is 0 Å². The van der Waals surface area contributed by atoms with Crippen LogP contribution in [0.15, 0.2) is 53.4 Å². The molecule has 0 aliphatic carbocycles. The van der Waals surface area contributed by atoms with Gasteiger partial charge in [0, 0.05) is 38.4 Å². The van der Waals surface area contributed by atoms with Crippen molar-refractivity contribution in [1.29, 1.82) is 0 Å². The minimum atomic E-state index is -3.82. The van der Waals surface area contributed by atoms with Gasteiger partial charge in [-0.05, 0) is 43.3 Å². The molecule has 0 saturated carbocycles. The Morgan fingerprint density at radius 1 is 1.07 bits per heavy atom. The van der Waals surface area contributed by atoms with Gasteiger partial charge in [0.2, 0.25) is 10.0 Å². The van der Waals surface area contributed by atoms with Gasteiger partial charge in [-0.1, -0.05) is 18.2 Å². The Kier molecular flexibility index (Phi) is 6.88. The maximum atomic E-state index is 13.4. The lowest BCUT2D eigenvalue weighted by atomic mass is 10.2. The molecule has 0 bridgehead atoms. The summed E-state index contributed by atoms with van der Waals surface area (Å²) in [6.45, 7) is 4.90. The number of piperazine rings is 1. The molecule has 8 heteroatoms. The van der Waals surface area contributed by atoms with E-state index in [1.165, 1.54) is 24.9 Å². The average molecular weight is 408 g/mol. The Morgan fingerprint density at radius 2 is 1.79 bits per heavy atom. The molecule has 1 aliphatic heterocycles. The number of nitrogens with one attached hydrogen (secondary N) is 1. The zero-order valence-corrected chi connectivity index (χ0v) is 16.8. The maximum Gasteiger partial charge on any atom is 0.244 e. The highest BCUT2D eigenvalue weighted by atomic mass is 32.2. The summed E-state index contributed by atoms with van der Waals surface area (Å²) in [6, 6.07) is 13.8. The number of hydrogen-bond donors (Lipinski definition) is 1. The monoisotopic (exact) mass is 407 g/mol. The molecule has 2 aromatic carbocycles. The van der Waals surface area contributed by atoms with Gasteiger partial charge in [0.05, 0.1) is 7.11 Å². The summed E-state index contributed by atoms with van der Waals surface area (Å²) < 4.78 is 45.9. The lowest BCUT2D eigenvalue weighted by molar-refractivity contribution is 0.255. The molecule has 1 saturated heterocycles. The summed E-state index contributed by atoms with van der Waals surface area (Å²) >= 11 is 0. The normalized spacial score (nSPS) is 15.6. The Bertz CT molecular complexity index is 870. The fourth-order valence-electron chi connectivity index (χ4n) is 3.32. The van der Waals surface area contributed by atoms with Gasteiger partial charge < -0.3 is 9.64 Å². The van der Waals surface area contributed by atoms with Gasteiger partial charge in [-0.2, -0.15) is 0 Å². The van der Waals surface area contributed by atoms with Crippen LogP contribution >= 0.6 is 0 Å². The molecule has 3 rings (SSSR count). The summed E-state index contributed by atoms with van der Waals surface area (Å²) in [5.74, 6) is -0.483. The molecule has 0 aromatic heterocycles. The Morgan fingerprint density at radius 3 is 2.46 bits per heavy atom. The molecule has 6 nitrogen and oxygen atoms in total. The van der Waals surface area contributed by atoms with E-state index in [2.05, 4.69) is 26.7 Å². The van der Waals surface area contributed by atoms with Gasteiger partial charge in [-0.15, -0.1) is 0 Å². The second-order valence-electron chi connectivity index (χ2n) is 6.71. The summed E-state index contributed by atoms with van der Waals surface area (Å²) in [4.78, 5) is 4.51. The van der Waals surface area contributed by atoms with Crippen molar-refractivity contribution in [3.8, 4) is 5.75 Å². The zero-order chi connectivity index (χ0) is 20.0. The van der Waals surface area contributed by atoms with E-state index >= 15 is 0 Å². The number of ether oxygens (including phenoxy) is 1. The van der Waals surface area contributed by atoms with Crippen LogP contribution in [-0.4, -0.2) is 59.7 Å². The predicted octanol–water partition coefficient (Wildman–Crippen LogP) is 2.32.